The summed E-state index contributed by atoms with van der Waals surface area (Å²) in [5.41, 5.74) is 0.222. The lowest BCUT2D eigenvalue weighted by molar-refractivity contribution is -0.140. The van der Waals surface area contributed by atoms with Crippen LogP contribution >= 0.6 is 0 Å². The van der Waals surface area contributed by atoms with Gasteiger partial charge in [0, 0.05) is 6.92 Å². The van der Waals surface area contributed by atoms with E-state index in [2.05, 4.69) is 14.5 Å². The molecule has 0 aromatic carbocycles. The molecule has 0 spiro atoms. The van der Waals surface area contributed by atoms with Gasteiger partial charge in [-0.3, -0.25) is 4.79 Å². The third kappa shape index (κ3) is 10.8. The fourth-order valence-corrected chi connectivity index (χ4v) is 0.982. The maximum absolute atomic E-state index is 11.2. The Labute approximate surface area is 132 Å². The van der Waals surface area contributed by atoms with Crippen molar-refractivity contribution in [2.45, 2.75) is 26.4 Å². The first kappa shape index (κ1) is 21.1. The van der Waals surface area contributed by atoms with Crippen molar-refractivity contribution in [1.82, 2.24) is 15.0 Å². The molecule has 0 saturated carbocycles. The highest BCUT2D eigenvalue weighted by molar-refractivity contribution is 6.00. The van der Waals surface area contributed by atoms with Gasteiger partial charge in [-0.15, -0.1) is 0 Å². The van der Waals surface area contributed by atoms with Gasteiger partial charge in [0.1, 0.15) is 6.54 Å². The van der Waals surface area contributed by atoms with Crippen LogP contribution in [0.3, 0.4) is 0 Å². The van der Waals surface area contributed by atoms with Gasteiger partial charge >= 0.3 is 23.6 Å². The summed E-state index contributed by atoms with van der Waals surface area (Å²) in [6, 6.07) is 0. The lowest BCUT2D eigenvalue weighted by Gasteiger charge is -2.04. The van der Waals surface area contributed by atoms with Crippen molar-refractivity contribution in [2.24, 2.45) is 12.2 Å². The molecule has 136 valence electrons. The number of oxime groups is 1. The number of aromatic amines is 1. The molecule has 1 amide bonds. The van der Waals surface area contributed by atoms with Gasteiger partial charge in [0.05, 0.1) is 19.2 Å². The van der Waals surface area contributed by atoms with Gasteiger partial charge in [-0.2, -0.15) is 17.9 Å². The van der Waals surface area contributed by atoms with Gasteiger partial charge in [-0.05, 0) is 6.92 Å². The molecule has 24 heavy (non-hydrogen) atoms. The summed E-state index contributed by atoms with van der Waals surface area (Å²) >= 11 is 0. The summed E-state index contributed by atoms with van der Waals surface area (Å²) in [5, 5.41) is 5.01. The SMILES string of the molecule is CC(=O)NCC(F)(F)F.CC1=NOC(=O)C1.Cn1oc(=O)[nH]c1=O. The second-order valence-electron chi connectivity index (χ2n) is 4.30. The van der Waals surface area contributed by atoms with Crippen LogP contribution in [-0.4, -0.2) is 40.0 Å². The zero-order chi connectivity index (χ0) is 18.9. The number of aryl methyl sites for hydroxylation is 1. The number of hydrogen-bond acceptors (Lipinski definition) is 7. The summed E-state index contributed by atoms with van der Waals surface area (Å²) in [7, 11) is 1.35. The van der Waals surface area contributed by atoms with Crippen LogP contribution in [0, 0.1) is 0 Å². The molecule has 0 bridgehead atoms. The number of H-pyrrole nitrogens is 1. The molecular weight excluding hydrogens is 341 g/mol. The zero-order valence-corrected chi connectivity index (χ0v) is 12.9. The Morgan fingerprint density at radius 3 is 2.08 bits per heavy atom. The van der Waals surface area contributed by atoms with E-state index in [1.54, 1.807) is 12.2 Å². The largest absolute Gasteiger partial charge is 0.440 e. The first-order valence-corrected chi connectivity index (χ1v) is 6.22. The number of rotatable bonds is 1. The lowest BCUT2D eigenvalue weighted by atomic mass is 10.3. The number of halogens is 3. The fraction of sp³-hybridized carbons (Fsp3) is 0.545. The monoisotopic (exact) mass is 356 g/mol. The molecule has 2 rings (SSSR count). The van der Waals surface area contributed by atoms with Crippen LogP contribution in [0.25, 0.3) is 0 Å². The summed E-state index contributed by atoms with van der Waals surface area (Å²) in [5.74, 6) is -1.65. The Hall–Kier alpha value is -2.86. The Morgan fingerprint density at radius 1 is 1.38 bits per heavy atom. The maximum atomic E-state index is 11.2. The number of nitrogens with one attached hydrogen (secondary N) is 2. The van der Waals surface area contributed by atoms with Crippen molar-refractivity contribution in [3.8, 4) is 0 Å². The molecule has 0 saturated heterocycles. The van der Waals surface area contributed by atoms with Crippen molar-refractivity contribution in [1.29, 1.82) is 0 Å². The minimum Gasteiger partial charge on any atom is -0.347 e. The zero-order valence-electron chi connectivity index (χ0n) is 12.9. The molecule has 2 heterocycles. The Morgan fingerprint density at radius 2 is 1.96 bits per heavy atom. The highest BCUT2D eigenvalue weighted by Crippen LogP contribution is 2.11. The molecule has 10 nitrogen and oxygen atoms in total. The van der Waals surface area contributed by atoms with Crippen molar-refractivity contribution in [3.05, 3.63) is 21.0 Å². The minimum atomic E-state index is -4.30. The first-order chi connectivity index (χ1) is 10.9. The van der Waals surface area contributed by atoms with Gasteiger partial charge in [0.15, 0.2) is 0 Å². The predicted octanol–water partition coefficient (Wildman–Crippen LogP) is -0.339. The van der Waals surface area contributed by atoms with Gasteiger partial charge in [-0.1, -0.05) is 5.16 Å². The van der Waals surface area contributed by atoms with Crippen LogP contribution in [-0.2, 0) is 21.5 Å². The number of hydrogen-bond donors (Lipinski definition) is 2. The Kier molecular flexibility index (Phi) is 8.21. The van der Waals surface area contributed by atoms with Gasteiger partial charge < -0.3 is 14.7 Å². The third-order valence-corrected chi connectivity index (χ3v) is 1.96. The topological polar surface area (TPSA) is 136 Å². The number of nitrogens with zero attached hydrogens (tertiary/aromatic N) is 2. The predicted molar refractivity (Wildman–Crippen MR) is 73.1 cm³/mol. The average Bonchev–Trinajstić information content (AvgIpc) is 2.93. The average molecular weight is 356 g/mol. The van der Waals surface area contributed by atoms with E-state index in [0.717, 1.165) is 17.4 Å². The van der Waals surface area contributed by atoms with Gasteiger partial charge in [-0.25, -0.2) is 19.4 Å². The molecule has 0 radical (unpaired) electrons. The van der Waals surface area contributed by atoms with E-state index in [0.29, 0.717) is 6.42 Å². The smallest absolute Gasteiger partial charge is 0.347 e. The number of alkyl halides is 3. The molecule has 1 aromatic heterocycles. The van der Waals surface area contributed by atoms with Crippen LogP contribution in [0.4, 0.5) is 13.2 Å². The molecule has 0 atom stereocenters. The van der Waals surface area contributed by atoms with Crippen LogP contribution in [0.15, 0.2) is 19.3 Å². The summed E-state index contributed by atoms with van der Waals surface area (Å²) in [6.45, 7) is 1.54. The fourth-order valence-electron chi connectivity index (χ4n) is 0.982. The van der Waals surface area contributed by atoms with E-state index in [1.807, 2.05) is 4.98 Å². The van der Waals surface area contributed by atoms with Gasteiger partial charge in [0.2, 0.25) is 5.91 Å². The normalized spacial score (nSPS) is 12.9. The number of carbonyl (C=O) groups excluding carboxylic acids is 2. The van der Waals surface area contributed by atoms with E-state index in [-0.39, 0.29) is 5.97 Å². The minimum absolute atomic E-state index is 0.252. The second kappa shape index (κ2) is 9.32. The standard InChI is InChI=1S/C4H6F3NO.C4H5NO2.C3H4N2O3/c1-3(9)8-2-4(5,6)7;1-3-2-4(6)7-5-3;1-5-2(6)4-3(7)8-5/h2H2,1H3,(H,8,9);2H2,1H3;1H3,(H,4,6,7). The summed E-state index contributed by atoms with van der Waals surface area (Å²) in [6.07, 6.45) is -3.94. The number of aromatic nitrogens is 2. The molecule has 1 aromatic rings. The van der Waals surface area contributed by atoms with Crippen molar-refractivity contribution >= 4 is 17.6 Å². The summed E-state index contributed by atoms with van der Waals surface area (Å²) < 4.78 is 38.6. The maximum Gasteiger partial charge on any atom is 0.440 e. The van der Waals surface area contributed by atoms with Gasteiger partial charge in [0.25, 0.3) is 0 Å². The summed E-state index contributed by atoms with van der Waals surface area (Å²) in [4.78, 5) is 46.4. The lowest BCUT2D eigenvalue weighted by Crippen LogP contribution is -2.31. The molecule has 0 aliphatic carbocycles. The van der Waals surface area contributed by atoms with E-state index in [1.165, 1.54) is 7.05 Å². The molecule has 0 fully saturated rings. The van der Waals surface area contributed by atoms with Crippen LogP contribution in [0.2, 0.25) is 0 Å². The quantitative estimate of drug-likeness (QED) is 0.661. The van der Waals surface area contributed by atoms with E-state index < -0.39 is 30.1 Å². The van der Waals surface area contributed by atoms with E-state index in [4.69, 9.17) is 0 Å². The Bertz CT molecular complexity index is 700. The molecular formula is C11H15F3N4O6. The molecule has 2 N–H and O–H groups in total. The van der Waals surface area contributed by atoms with Crippen molar-refractivity contribution < 1.29 is 32.1 Å². The Balaban J connectivity index is 0.000000332. The van der Waals surface area contributed by atoms with E-state index in [9.17, 15) is 32.3 Å². The van der Waals surface area contributed by atoms with Crippen LogP contribution in [0.1, 0.15) is 20.3 Å². The molecule has 13 heteroatoms. The first-order valence-electron chi connectivity index (χ1n) is 6.22. The highest BCUT2D eigenvalue weighted by Gasteiger charge is 2.26. The molecule has 0 unspecified atom stereocenters. The molecule has 1 aliphatic rings. The van der Waals surface area contributed by atoms with Crippen molar-refractivity contribution in [2.75, 3.05) is 6.54 Å². The highest BCUT2D eigenvalue weighted by atomic mass is 19.4. The van der Waals surface area contributed by atoms with Crippen LogP contribution < -0.4 is 16.8 Å². The molecule has 1 aliphatic heterocycles. The number of amides is 1. The third-order valence-electron chi connectivity index (χ3n) is 1.96. The van der Waals surface area contributed by atoms with Crippen LogP contribution in [0.5, 0.6) is 0 Å². The van der Waals surface area contributed by atoms with E-state index >= 15 is 0 Å². The second-order valence-corrected chi connectivity index (χ2v) is 4.30. The number of carbonyl (C=O) groups is 2. The van der Waals surface area contributed by atoms with Crippen molar-refractivity contribution in [3.63, 3.8) is 0 Å².